The molecule has 0 N–H and O–H groups in total. The number of ether oxygens (including phenoxy) is 1. The number of benzene rings is 2. The van der Waals surface area contributed by atoms with E-state index in [1.165, 1.54) is 22.0 Å². The summed E-state index contributed by atoms with van der Waals surface area (Å²) in [7, 11) is 1.67. The third kappa shape index (κ3) is 3.30. The summed E-state index contributed by atoms with van der Waals surface area (Å²) in [5, 5.41) is 0.529. The van der Waals surface area contributed by atoms with Crippen LogP contribution < -0.4 is 10.3 Å². The average Bonchev–Trinajstić information content (AvgIpc) is 2.93. The minimum absolute atomic E-state index is 0.00411. The molecular weight excluding hydrogens is 342 g/mol. The predicted molar refractivity (Wildman–Crippen MR) is 103 cm³/mol. The van der Waals surface area contributed by atoms with Crippen molar-refractivity contribution in [2.24, 2.45) is 0 Å². The molecule has 0 spiro atoms. The summed E-state index contributed by atoms with van der Waals surface area (Å²) < 4.78 is 6.85. The van der Waals surface area contributed by atoms with Gasteiger partial charge in [-0.3, -0.25) is 14.2 Å². The summed E-state index contributed by atoms with van der Waals surface area (Å²) in [6, 6.07) is 13.2. The number of hydrogen-bond donors (Lipinski definition) is 0. The number of hydrogen-bond acceptors (Lipinski definition) is 4. The van der Waals surface area contributed by atoms with Crippen LogP contribution in [0.25, 0.3) is 10.9 Å². The molecule has 1 aliphatic heterocycles. The van der Waals surface area contributed by atoms with Crippen molar-refractivity contribution in [2.75, 3.05) is 20.2 Å². The molecule has 2 aromatic carbocycles. The molecule has 6 nitrogen and oxygen atoms in total. The summed E-state index contributed by atoms with van der Waals surface area (Å²) in [4.78, 5) is 31.5. The summed E-state index contributed by atoms with van der Waals surface area (Å²) in [6.45, 7) is 1.25. The van der Waals surface area contributed by atoms with E-state index < -0.39 is 0 Å². The van der Waals surface area contributed by atoms with Crippen LogP contribution in [0.5, 0.6) is 5.75 Å². The molecule has 3 aromatic rings. The lowest BCUT2D eigenvalue weighted by molar-refractivity contribution is -0.131. The van der Waals surface area contributed by atoms with Crippen molar-refractivity contribution in [3.63, 3.8) is 0 Å². The van der Waals surface area contributed by atoms with Gasteiger partial charge in [0.25, 0.3) is 5.56 Å². The van der Waals surface area contributed by atoms with Crippen LogP contribution in [0.2, 0.25) is 0 Å². The molecule has 0 aliphatic carbocycles. The Morgan fingerprint density at radius 2 is 1.93 bits per heavy atom. The normalized spacial score (nSPS) is 13.9. The lowest BCUT2D eigenvalue weighted by Gasteiger charge is -2.20. The second-order valence-corrected chi connectivity index (χ2v) is 6.67. The van der Waals surface area contributed by atoms with Crippen molar-refractivity contribution >= 4 is 16.8 Å². The molecule has 0 bridgehead atoms. The van der Waals surface area contributed by atoms with Gasteiger partial charge in [0.15, 0.2) is 0 Å². The quantitative estimate of drug-likeness (QED) is 0.714. The Hall–Kier alpha value is -3.15. The first-order valence-corrected chi connectivity index (χ1v) is 9.04. The molecule has 1 amide bonds. The maximum Gasteiger partial charge on any atom is 0.261 e. The molecule has 0 radical (unpaired) electrons. The zero-order valence-corrected chi connectivity index (χ0v) is 15.2. The average molecular weight is 363 g/mol. The SMILES string of the molecule is COc1cccc2c1CCN(C(=O)Cn1cnc3ccccc3c1=O)CC2. The highest BCUT2D eigenvalue weighted by atomic mass is 16.5. The number of methoxy groups -OCH3 is 1. The molecule has 0 saturated carbocycles. The second kappa shape index (κ2) is 7.23. The van der Waals surface area contributed by atoms with Crippen molar-refractivity contribution in [1.82, 2.24) is 14.5 Å². The summed E-state index contributed by atoms with van der Waals surface area (Å²) in [6.07, 6.45) is 2.98. The van der Waals surface area contributed by atoms with E-state index in [9.17, 15) is 9.59 Å². The summed E-state index contributed by atoms with van der Waals surface area (Å²) in [5.41, 5.74) is 2.84. The fourth-order valence-corrected chi connectivity index (χ4v) is 3.65. The number of carbonyl (C=O) groups is 1. The molecule has 0 saturated heterocycles. The van der Waals surface area contributed by atoms with E-state index in [4.69, 9.17) is 4.74 Å². The van der Waals surface area contributed by atoms with Crippen LogP contribution in [0.3, 0.4) is 0 Å². The fraction of sp³-hybridized carbons (Fsp3) is 0.286. The Morgan fingerprint density at radius 3 is 2.78 bits per heavy atom. The summed E-state index contributed by atoms with van der Waals surface area (Å²) >= 11 is 0. The van der Waals surface area contributed by atoms with Crippen molar-refractivity contribution in [3.8, 4) is 5.75 Å². The highest BCUT2D eigenvalue weighted by Gasteiger charge is 2.21. The Balaban J connectivity index is 1.53. The summed E-state index contributed by atoms with van der Waals surface area (Å²) in [5.74, 6) is 0.803. The molecule has 0 fully saturated rings. The number of amides is 1. The van der Waals surface area contributed by atoms with Crippen LogP contribution in [0.1, 0.15) is 11.1 Å². The highest BCUT2D eigenvalue weighted by Crippen LogP contribution is 2.25. The van der Waals surface area contributed by atoms with Crippen molar-refractivity contribution in [2.45, 2.75) is 19.4 Å². The highest BCUT2D eigenvalue weighted by molar-refractivity contribution is 5.79. The van der Waals surface area contributed by atoms with Gasteiger partial charge in [0.05, 0.1) is 24.3 Å². The number of carbonyl (C=O) groups excluding carboxylic acids is 1. The van der Waals surface area contributed by atoms with Gasteiger partial charge in [0.2, 0.25) is 5.91 Å². The van der Waals surface area contributed by atoms with Gasteiger partial charge in [-0.05, 0) is 42.2 Å². The molecule has 138 valence electrons. The molecule has 1 aromatic heterocycles. The monoisotopic (exact) mass is 363 g/mol. The lowest BCUT2D eigenvalue weighted by Crippen LogP contribution is -2.38. The lowest BCUT2D eigenvalue weighted by atomic mass is 10.0. The Morgan fingerprint density at radius 1 is 1.11 bits per heavy atom. The largest absolute Gasteiger partial charge is 0.496 e. The number of aromatic nitrogens is 2. The van der Waals surface area contributed by atoms with E-state index in [0.717, 1.165) is 18.6 Å². The van der Waals surface area contributed by atoms with Crippen LogP contribution in [0, 0.1) is 0 Å². The van der Waals surface area contributed by atoms with Crippen molar-refractivity contribution in [1.29, 1.82) is 0 Å². The minimum atomic E-state index is -0.186. The third-order valence-electron chi connectivity index (χ3n) is 5.12. The fourth-order valence-electron chi connectivity index (χ4n) is 3.65. The van der Waals surface area contributed by atoms with E-state index >= 15 is 0 Å². The molecule has 1 aliphatic rings. The standard InChI is InChI=1S/C21H21N3O3/c1-27-19-8-4-5-15-9-11-23(12-10-16(15)19)20(25)13-24-14-22-18-7-3-2-6-17(18)21(24)26/h2-8,14H,9-13H2,1H3. The Kier molecular flexibility index (Phi) is 4.62. The number of nitrogens with zero attached hydrogens (tertiary/aromatic N) is 3. The Labute approximate surface area is 157 Å². The topological polar surface area (TPSA) is 64.4 Å². The minimum Gasteiger partial charge on any atom is -0.496 e. The maximum absolute atomic E-state index is 12.8. The maximum atomic E-state index is 12.8. The van der Waals surface area contributed by atoms with Gasteiger partial charge in [-0.25, -0.2) is 4.98 Å². The van der Waals surface area contributed by atoms with E-state index in [-0.39, 0.29) is 18.0 Å². The molecule has 27 heavy (non-hydrogen) atoms. The van der Waals surface area contributed by atoms with Gasteiger partial charge in [-0.15, -0.1) is 0 Å². The Bertz CT molecular complexity index is 1060. The van der Waals surface area contributed by atoms with E-state index in [1.54, 1.807) is 25.3 Å². The number of fused-ring (bicyclic) bond motifs is 2. The molecule has 2 heterocycles. The van der Waals surface area contributed by atoms with Gasteiger partial charge < -0.3 is 9.64 Å². The molecule has 0 unspecified atom stereocenters. The van der Waals surface area contributed by atoms with Gasteiger partial charge in [-0.1, -0.05) is 24.3 Å². The van der Waals surface area contributed by atoms with Crippen molar-refractivity contribution in [3.05, 3.63) is 70.3 Å². The first-order valence-electron chi connectivity index (χ1n) is 9.04. The van der Waals surface area contributed by atoms with Gasteiger partial charge in [0, 0.05) is 13.1 Å². The molecular formula is C21H21N3O3. The van der Waals surface area contributed by atoms with Crippen LogP contribution >= 0.6 is 0 Å². The van der Waals surface area contributed by atoms with Crippen LogP contribution in [0.4, 0.5) is 0 Å². The first kappa shape index (κ1) is 17.3. The van der Waals surface area contributed by atoms with Gasteiger partial charge in [0.1, 0.15) is 12.3 Å². The van der Waals surface area contributed by atoms with E-state index in [0.29, 0.717) is 24.0 Å². The number of para-hydroxylation sites is 1. The van der Waals surface area contributed by atoms with Gasteiger partial charge in [-0.2, -0.15) is 0 Å². The molecule has 0 atom stereocenters. The van der Waals surface area contributed by atoms with Crippen LogP contribution in [-0.2, 0) is 24.2 Å². The smallest absolute Gasteiger partial charge is 0.261 e. The third-order valence-corrected chi connectivity index (χ3v) is 5.12. The van der Waals surface area contributed by atoms with Crippen molar-refractivity contribution < 1.29 is 9.53 Å². The first-order chi connectivity index (χ1) is 13.2. The van der Waals surface area contributed by atoms with E-state index in [1.807, 2.05) is 23.1 Å². The van der Waals surface area contributed by atoms with Crippen LogP contribution in [0.15, 0.2) is 53.6 Å². The molecule has 6 heteroatoms. The predicted octanol–water partition coefficient (Wildman–Crippen LogP) is 2.03. The van der Waals surface area contributed by atoms with E-state index in [2.05, 4.69) is 11.1 Å². The number of rotatable bonds is 3. The van der Waals surface area contributed by atoms with Gasteiger partial charge >= 0.3 is 0 Å². The molecule has 4 rings (SSSR count). The second-order valence-electron chi connectivity index (χ2n) is 6.67. The van der Waals surface area contributed by atoms with Crippen LogP contribution in [-0.4, -0.2) is 40.6 Å². The zero-order valence-electron chi connectivity index (χ0n) is 15.2. The zero-order chi connectivity index (χ0) is 18.8.